The van der Waals surface area contributed by atoms with Crippen molar-refractivity contribution in [2.45, 2.75) is 45.9 Å². The molecule has 3 heteroatoms. The number of ether oxygens (including phenoxy) is 1. The molecule has 0 aliphatic rings. The highest BCUT2D eigenvalue weighted by Gasteiger charge is 2.05. The number of aliphatic hydroxyl groups excluding tert-OH is 1. The summed E-state index contributed by atoms with van der Waals surface area (Å²) in [5.41, 5.74) is 1.13. The van der Waals surface area contributed by atoms with Gasteiger partial charge in [-0.1, -0.05) is 25.1 Å². The Morgan fingerprint density at radius 2 is 2.00 bits per heavy atom. The summed E-state index contributed by atoms with van der Waals surface area (Å²) >= 11 is 0. The molecule has 0 saturated carbocycles. The number of nitrogens with one attached hydrogen (secondary N) is 1. The van der Waals surface area contributed by atoms with Crippen LogP contribution in [0.3, 0.4) is 0 Å². The van der Waals surface area contributed by atoms with Crippen LogP contribution in [0.25, 0.3) is 0 Å². The molecule has 0 heterocycles. The van der Waals surface area contributed by atoms with Crippen LogP contribution in [-0.4, -0.2) is 23.9 Å². The van der Waals surface area contributed by atoms with Crippen molar-refractivity contribution in [3.8, 4) is 5.75 Å². The lowest BCUT2D eigenvalue weighted by atomic mass is 10.2. The highest BCUT2D eigenvalue weighted by atomic mass is 16.5. The second kappa shape index (κ2) is 7.30. The first-order valence-electron chi connectivity index (χ1n) is 6.26. The van der Waals surface area contributed by atoms with Crippen molar-refractivity contribution in [3.63, 3.8) is 0 Å². The lowest BCUT2D eigenvalue weighted by Crippen LogP contribution is -2.26. The van der Waals surface area contributed by atoms with Crippen molar-refractivity contribution in [2.24, 2.45) is 0 Å². The fraction of sp³-hybridized carbons (Fsp3) is 0.571. The molecule has 0 spiro atoms. The van der Waals surface area contributed by atoms with Crippen LogP contribution in [-0.2, 0) is 6.54 Å². The van der Waals surface area contributed by atoms with E-state index in [9.17, 15) is 5.11 Å². The first-order chi connectivity index (χ1) is 8.13. The Hall–Kier alpha value is -1.06. The molecule has 3 nitrogen and oxygen atoms in total. The van der Waals surface area contributed by atoms with Gasteiger partial charge in [-0.05, 0) is 26.3 Å². The molecule has 2 N–H and O–H groups in total. The quantitative estimate of drug-likeness (QED) is 0.765. The van der Waals surface area contributed by atoms with Crippen LogP contribution in [0.15, 0.2) is 24.3 Å². The molecule has 1 aromatic rings. The van der Waals surface area contributed by atoms with Gasteiger partial charge in [0, 0.05) is 18.7 Å². The third-order valence-corrected chi connectivity index (χ3v) is 2.50. The van der Waals surface area contributed by atoms with Gasteiger partial charge in [-0.2, -0.15) is 0 Å². The third-order valence-electron chi connectivity index (χ3n) is 2.50. The molecule has 0 radical (unpaired) electrons. The molecular formula is C14H23NO2. The molecule has 0 saturated heterocycles. The third kappa shape index (κ3) is 5.20. The van der Waals surface area contributed by atoms with Gasteiger partial charge in [0.25, 0.3) is 0 Å². The molecule has 0 aliphatic heterocycles. The summed E-state index contributed by atoms with van der Waals surface area (Å²) in [4.78, 5) is 0. The zero-order valence-corrected chi connectivity index (χ0v) is 10.9. The van der Waals surface area contributed by atoms with E-state index in [1.54, 1.807) is 0 Å². The fourth-order valence-electron chi connectivity index (χ4n) is 1.54. The summed E-state index contributed by atoms with van der Waals surface area (Å²) in [6, 6.07) is 8.00. The molecule has 1 aromatic carbocycles. The fourth-order valence-corrected chi connectivity index (χ4v) is 1.54. The van der Waals surface area contributed by atoms with Gasteiger partial charge in [0.05, 0.1) is 12.2 Å². The number of hydrogen-bond acceptors (Lipinski definition) is 3. The molecule has 0 aromatic heterocycles. The van der Waals surface area contributed by atoms with E-state index in [-0.39, 0.29) is 12.2 Å². The summed E-state index contributed by atoms with van der Waals surface area (Å²) < 4.78 is 5.73. The maximum Gasteiger partial charge on any atom is 0.124 e. The highest BCUT2D eigenvalue weighted by molar-refractivity contribution is 5.33. The SMILES string of the molecule is CCC(O)CNCc1ccccc1OC(C)C. The Morgan fingerprint density at radius 3 is 2.65 bits per heavy atom. The molecule has 1 rings (SSSR count). The number of aliphatic hydroxyl groups is 1. The average Bonchev–Trinajstić information content (AvgIpc) is 2.30. The number of hydrogen-bond donors (Lipinski definition) is 2. The van der Waals surface area contributed by atoms with Gasteiger partial charge in [0.2, 0.25) is 0 Å². The normalized spacial score (nSPS) is 12.8. The maximum absolute atomic E-state index is 9.46. The van der Waals surface area contributed by atoms with Crippen molar-refractivity contribution in [3.05, 3.63) is 29.8 Å². The number of rotatable bonds is 7. The van der Waals surface area contributed by atoms with Crippen LogP contribution in [0.5, 0.6) is 5.75 Å². The van der Waals surface area contributed by atoms with Gasteiger partial charge < -0.3 is 15.2 Å². The number of para-hydroxylation sites is 1. The molecule has 1 unspecified atom stereocenters. The minimum absolute atomic E-state index is 0.178. The van der Waals surface area contributed by atoms with Crippen molar-refractivity contribution in [1.29, 1.82) is 0 Å². The Kier molecular flexibility index (Phi) is 6.01. The lowest BCUT2D eigenvalue weighted by Gasteiger charge is -2.15. The van der Waals surface area contributed by atoms with E-state index >= 15 is 0 Å². The highest BCUT2D eigenvalue weighted by Crippen LogP contribution is 2.18. The summed E-state index contributed by atoms with van der Waals surface area (Å²) in [6.45, 7) is 7.35. The molecule has 17 heavy (non-hydrogen) atoms. The Balaban J connectivity index is 2.51. The van der Waals surface area contributed by atoms with Gasteiger partial charge in [0.15, 0.2) is 0 Å². The van der Waals surface area contributed by atoms with Crippen molar-refractivity contribution in [2.75, 3.05) is 6.54 Å². The van der Waals surface area contributed by atoms with Crippen LogP contribution >= 0.6 is 0 Å². The van der Waals surface area contributed by atoms with Crippen molar-refractivity contribution >= 4 is 0 Å². The maximum atomic E-state index is 9.46. The summed E-state index contributed by atoms with van der Waals surface area (Å²) in [6.07, 6.45) is 0.683. The molecule has 0 aliphatic carbocycles. The molecule has 0 bridgehead atoms. The summed E-state index contributed by atoms with van der Waals surface area (Å²) in [5, 5.41) is 12.7. The zero-order chi connectivity index (χ0) is 12.7. The summed E-state index contributed by atoms with van der Waals surface area (Å²) in [7, 11) is 0. The van der Waals surface area contributed by atoms with Crippen molar-refractivity contribution < 1.29 is 9.84 Å². The Labute approximate surface area is 104 Å². The van der Waals surface area contributed by atoms with Gasteiger partial charge in [-0.3, -0.25) is 0 Å². The smallest absolute Gasteiger partial charge is 0.124 e. The first-order valence-corrected chi connectivity index (χ1v) is 6.26. The Morgan fingerprint density at radius 1 is 1.29 bits per heavy atom. The van der Waals surface area contributed by atoms with E-state index in [2.05, 4.69) is 5.32 Å². The van der Waals surface area contributed by atoms with Gasteiger partial charge in [-0.15, -0.1) is 0 Å². The molecular weight excluding hydrogens is 214 g/mol. The second-order valence-electron chi connectivity index (χ2n) is 4.47. The summed E-state index contributed by atoms with van der Waals surface area (Å²) in [5.74, 6) is 0.918. The molecule has 1 atom stereocenters. The lowest BCUT2D eigenvalue weighted by molar-refractivity contribution is 0.166. The second-order valence-corrected chi connectivity index (χ2v) is 4.47. The average molecular weight is 237 g/mol. The first kappa shape index (κ1) is 14.0. The predicted octanol–water partition coefficient (Wildman–Crippen LogP) is 2.33. The van der Waals surface area contributed by atoms with E-state index in [1.807, 2.05) is 45.0 Å². The van der Waals surface area contributed by atoms with E-state index in [1.165, 1.54) is 0 Å². The van der Waals surface area contributed by atoms with Gasteiger partial charge in [0.1, 0.15) is 5.75 Å². The Bertz CT molecular complexity index is 326. The van der Waals surface area contributed by atoms with Gasteiger partial charge in [-0.25, -0.2) is 0 Å². The standard InChI is InChI=1S/C14H23NO2/c1-4-13(16)10-15-9-12-7-5-6-8-14(12)17-11(2)3/h5-8,11,13,15-16H,4,9-10H2,1-3H3. The van der Waals surface area contributed by atoms with E-state index in [4.69, 9.17) is 4.74 Å². The topological polar surface area (TPSA) is 41.5 Å². The van der Waals surface area contributed by atoms with Crippen LogP contribution < -0.4 is 10.1 Å². The molecule has 0 fully saturated rings. The zero-order valence-electron chi connectivity index (χ0n) is 10.9. The van der Waals surface area contributed by atoms with Crippen LogP contribution in [0.1, 0.15) is 32.8 Å². The van der Waals surface area contributed by atoms with E-state index in [0.29, 0.717) is 6.54 Å². The van der Waals surface area contributed by atoms with E-state index in [0.717, 1.165) is 24.3 Å². The monoisotopic (exact) mass is 237 g/mol. The predicted molar refractivity (Wildman–Crippen MR) is 70.2 cm³/mol. The number of benzene rings is 1. The van der Waals surface area contributed by atoms with E-state index < -0.39 is 0 Å². The van der Waals surface area contributed by atoms with Gasteiger partial charge >= 0.3 is 0 Å². The minimum atomic E-state index is -0.270. The minimum Gasteiger partial charge on any atom is -0.491 e. The van der Waals surface area contributed by atoms with Crippen LogP contribution in [0.2, 0.25) is 0 Å². The van der Waals surface area contributed by atoms with Crippen LogP contribution in [0, 0.1) is 0 Å². The van der Waals surface area contributed by atoms with Crippen molar-refractivity contribution in [1.82, 2.24) is 5.32 Å². The van der Waals surface area contributed by atoms with Crippen LogP contribution in [0.4, 0.5) is 0 Å². The largest absolute Gasteiger partial charge is 0.491 e. The molecule has 0 amide bonds. The molecule has 96 valence electrons.